The third-order valence-electron chi connectivity index (χ3n) is 4.70. The minimum atomic E-state index is -3.64. The Balaban J connectivity index is 1.82. The first-order chi connectivity index (χ1) is 13.8. The Labute approximate surface area is 168 Å². The van der Waals surface area contributed by atoms with Crippen molar-refractivity contribution in [3.05, 3.63) is 59.4 Å². The summed E-state index contributed by atoms with van der Waals surface area (Å²) < 4.78 is 40.2. The van der Waals surface area contributed by atoms with Crippen LogP contribution in [0.25, 0.3) is 0 Å². The van der Waals surface area contributed by atoms with Crippen LogP contribution in [0.5, 0.6) is 5.75 Å². The molecule has 1 amide bonds. The van der Waals surface area contributed by atoms with E-state index < -0.39 is 21.7 Å². The first kappa shape index (κ1) is 20.9. The largest absolute Gasteiger partial charge is 0.507 e. The molecule has 0 aliphatic carbocycles. The highest BCUT2D eigenvalue weighted by molar-refractivity contribution is 7.89. The summed E-state index contributed by atoms with van der Waals surface area (Å²) in [6.07, 6.45) is 1.97. The number of hydrogen-bond donors (Lipinski definition) is 2. The van der Waals surface area contributed by atoms with E-state index in [1.165, 1.54) is 34.6 Å². The minimum absolute atomic E-state index is 0.0505. The molecule has 2 N–H and O–H groups in total. The number of hydrazone groups is 1. The van der Waals surface area contributed by atoms with Crippen LogP contribution in [0.4, 0.5) is 4.39 Å². The van der Waals surface area contributed by atoms with Gasteiger partial charge in [-0.2, -0.15) is 9.41 Å². The third kappa shape index (κ3) is 4.63. The lowest BCUT2D eigenvalue weighted by Crippen LogP contribution is -2.28. The molecule has 0 radical (unpaired) electrons. The van der Waals surface area contributed by atoms with Gasteiger partial charge in [-0.25, -0.2) is 18.2 Å². The molecule has 0 atom stereocenters. The standard InChI is InChI=1S/C20H22FN3O4S/c1-2-18(17-13-15(21)8-9-19(17)25)22-23-20(26)14-6-5-7-16(12-14)29(27,28)24-10-3-4-11-24/h5-9,12-13,25H,2-4,10-11H2,1H3,(H,23,26). The van der Waals surface area contributed by atoms with Crippen molar-refractivity contribution in [2.24, 2.45) is 5.10 Å². The highest BCUT2D eigenvalue weighted by Gasteiger charge is 2.27. The van der Waals surface area contributed by atoms with Gasteiger partial charge in [0.1, 0.15) is 11.6 Å². The minimum Gasteiger partial charge on any atom is -0.507 e. The van der Waals surface area contributed by atoms with Crippen LogP contribution in [0.2, 0.25) is 0 Å². The Kier molecular flexibility index (Phi) is 6.29. The van der Waals surface area contributed by atoms with E-state index >= 15 is 0 Å². The van der Waals surface area contributed by atoms with Crippen LogP contribution >= 0.6 is 0 Å². The number of benzene rings is 2. The molecular weight excluding hydrogens is 397 g/mol. The molecule has 3 rings (SSSR count). The zero-order valence-corrected chi connectivity index (χ0v) is 16.7. The first-order valence-corrected chi connectivity index (χ1v) is 10.7. The number of phenols is 1. The van der Waals surface area contributed by atoms with Crippen molar-refractivity contribution >= 4 is 21.6 Å². The zero-order chi connectivity index (χ0) is 21.0. The molecule has 154 valence electrons. The summed E-state index contributed by atoms with van der Waals surface area (Å²) in [6, 6.07) is 9.22. The molecule has 2 aromatic rings. The van der Waals surface area contributed by atoms with Gasteiger partial charge in [-0.05, 0) is 55.7 Å². The van der Waals surface area contributed by atoms with Crippen molar-refractivity contribution in [2.75, 3.05) is 13.1 Å². The molecule has 1 aliphatic rings. The van der Waals surface area contributed by atoms with Crippen molar-refractivity contribution in [1.29, 1.82) is 0 Å². The fraction of sp³-hybridized carbons (Fsp3) is 0.300. The molecule has 0 unspecified atom stereocenters. The highest BCUT2D eigenvalue weighted by atomic mass is 32.2. The molecule has 0 aromatic heterocycles. The Morgan fingerprint density at radius 2 is 1.93 bits per heavy atom. The Bertz CT molecular complexity index is 1050. The van der Waals surface area contributed by atoms with Gasteiger partial charge in [0.25, 0.3) is 5.91 Å². The van der Waals surface area contributed by atoms with E-state index in [4.69, 9.17) is 0 Å². The number of nitrogens with one attached hydrogen (secondary N) is 1. The second kappa shape index (κ2) is 8.71. The van der Waals surface area contributed by atoms with E-state index in [0.717, 1.165) is 25.0 Å². The lowest BCUT2D eigenvalue weighted by molar-refractivity contribution is 0.0954. The van der Waals surface area contributed by atoms with Crippen LogP contribution in [0.3, 0.4) is 0 Å². The molecule has 2 aromatic carbocycles. The highest BCUT2D eigenvalue weighted by Crippen LogP contribution is 2.22. The third-order valence-corrected chi connectivity index (χ3v) is 6.59. The quantitative estimate of drug-likeness (QED) is 0.556. The second-order valence-electron chi connectivity index (χ2n) is 6.65. The van der Waals surface area contributed by atoms with Gasteiger partial charge in [-0.1, -0.05) is 13.0 Å². The summed E-state index contributed by atoms with van der Waals surface area (Å²) in [5.41, 5.74) is 2.95. The number of amides is 1. The van der Waals surface area contributed by atoms with Crippen molar-refractivity contribution < 1.29 is 22.7 Å². The van der Waals surface area contributed by atoms with Gasteiger partial charge in [0, 0.05) is 24.2 Å². The number of halogens is 1. The van der Waals surface area contributed by atoms with E-state index in [-0.39, 0.29) is 27.5 Å². The fourth-order valence-corrected chi connectivity index (χ4v) is 4.69. The van der Waals surface area contributed by atoms with Gasteiger partial charge in [0.2, 0.25) is 10.0 Å². The SMILES string of the molecule is CCC(=NNC(=O)c1cccc(S(=O)(=O)N2CCCC2)c1)c1cc(F)ccc1O. The van der Waals surface area contributed by atoms with Crippen molar-refractivity contribution in [2.45, 2.75) is 31.1 Å². The van der Waals surface area contributed by atoms with Crippen molar-refractivity contribution in [1.82, 2.24) is 9.73 Å². The van der Waals surface area contributed by atoms with E-state index in [1.54, 1.807) is 6.92 Å². The molecule has 7 nitrogen and oxygen atoms in total. The van der Waals surface area contributed by atoms with Gasteiger partial charge in [-0.15, -0.1) is 0 Å². The number of phenolic OH excluding ortho intramolecular Hbond substituents is 1. The van der Waals surface area contributed by atoms with Crippen LogP contribution in [-0.2, 0) is 10.0 Å². The summed E-state index contributed by atoms with van der Waals surface area (Å²) in [6.45, 7) is 2.69. The van der Waals surface area contributed by atoms with E-state index in [0.29, 0.717) is 19.5 Å². The lowest BCUT2D eigenvalue weighted by atomic mass is 10.1. The van der Waals surface area contributed by atoms with Crippen molar-refractivity contribution in [3.63, 3.8) is 0 Å². The summed E-state index contributed by atoms with van der Waals surface area (Å²) in [7, 11) is -3.64. The molecule has 0 spiro atoms. The zero-order valence-electron chi connectivity index (χ0n) is 15.9. The molecule has 0 saturated carbocycles. The Hall–Kier alpha value is -2.78. The van der Waals surface area contributed by atoms with Crippen LogP contribution in [-0.4, -0.2) is 42.5 Å². The number of carbonyl (C=O) groups is 1. The predicted molar refractivity (Wildman–Crippen MR) is 107 cm³/mol. The second-order valence-corrected chi connectivity index (χ2v) is 8.59. The monoisotopic (exact) mass is 419 g/mol. The summed E-state index contributed by atoms with van der Waals surface area (Å²) >= 11 is 0. The predicted octanol–water partition coefficient (Wildman–Crippen LogP) is 2.86. The maximum atomic E-state index is 13.5. The molecule has 9 heteroatoms. The average Bonchev–Trinajstić information content (AvgIpc) is 3.26. The topological polar surface area (TPSA) is 99.1 Å². The molecule has 1 fully saturated rings. The van der Waals surface area contributed by atoms with Gasteiger partial charge in [0.05, 0.1) is 10.6 Å². The summed E-state index contributed by atoms with van der Waals surface area (Å²) in [5, 5.41) is 13.9. The molecule has 1 heterocycles. The van der Waals surface area contributed by atoms with Gasteiger partial charge in [0.15, 0.2) is 0 Å². The maximum absolute atomic E-state index is 13.5. The number of hydrogen-bond acceptors (Lipinski definition) is 5. The van der Waals surface area contributed by atoms with Gasteiger partial charge >= 0.3 is 0 Å². The number of carbonyl (C=O) groups excluding carboxylic acids is 1. The van der Waals surface area contributed by atoms with Crippen molar-refractivity contribution in [3.8, 4) is 5.75 Å². The number of aromatic hydroxyl groups is 1. The van der Waals surface area contributed by atoms with Gasteiger partial charge < -0.3 is 5.11 Å². The molecule has 29 heavy (non-hydrogen) atoms. The van der Waals surface area contributed by atoms with E-state index in [1.807, 2.05) is 0 Å². The van der Waals surface area contributed by atoms with Gasteiger partial charge in [-0.3, -0.25) is 4.79 Å². The smallest absolute Gasteiger partial charge is 0.271 e. The van der Waals surface area contributed by atoms with Crippen LogP contribution in [0.15, 0.2) is 52.5 Å². The number of sulfonamides is 1. The van der Waals surface area contributed by atoms with Crippen LogP contribution in [0.1, 0.15) is 42.1 Å². The lowest BCUT2D eigenvalue weighted by Gasteiger charge is -2.15. The number of nitrogens with zero attached hydrogens (tertiary/aromatic N) is 2. The molecule has 0 bridgehead atoms. The fourth-order valence-electron chi connectivity index (χ4n) is 3.13. The molecule has 1 saturated heterocycles. The first-order valence-electron chi connectivity index (χ1n) is 9.29. The summed E-state index contributed by atoms with van der Waals surface area (Å²) in [5.74, 6) is -1.30. The number of rotatable bonds is 6. The Morgan fingerprint density at radius 1 is 1.21 bits per heavy atom. The maximum Gasteiger partial charge on any atom is 0.271 e. The van der Waals surface area contributed by atoms with E-state index in [2.05, 4.69) is 10.5 Å². The normalized spacial score (nSPS) is 15.4. The van der Waals surface area contributed by atoms with Crippen LogP contribution in [0, 0.1) is 5.82 Å². The summed E-state index contributed by atoms with van der Waals surface area (Å²) in [4.78, 5) is 12.5. The van der Waals surface area contributed by atoms with E-state index in [9.17, 15) is 22.7 Å². The van der Waals surface area contributed by atoms with Crippen LogP contribution < -0.4 is 5.43 Å². The molecule has 1 aliphatic heterocycles. The average molecular weight is 419 g/mol. The Morgan fingerprint density at radius 3 is 2.62 bits per heavy atom. The molecular formula is C20H22FN3O4S.